The molecule has 1 aromatic carbocycles. The summed E-state index contributed by atoms with van der Waals surface area (Å²) in [5, 5.41) is 0. The maximum absolute atomic E-state index is 12.5. The van der Waals surface area contributed by atoms with Gasteiger partial charge in [-0.2, -0.15) is 18.2 Å². The molecule has 0 saturated carbocycles. The van der Waals surface area contributed by atoms with Gasteiger partial charge in [-0.15, -0.1) is 11.3 Å². The van der Waals surface area contributed by atoms with Gasteiger partial charge >= 0.3 is 6.18 Å². The molecule has 0 radical (unpaired) electrons. The quantitative estimate of drug-likeness (QED) is 0.795. The minimum absolute atomic E-state index is 0.354. The molecule has 0 aliphatic carbocycles. The fourth-order valence-corrected chi connectivity index (χ4v) is 2.54. The largest absolute Gasteiger partial charge is 0.416 e. The number of aromatic nitrogens is 1. The number of hydrogen-bond donors (Lipinski definition) is 0. The molecule has 0 N–H and O–H groups in total. The molecule has 0 saturated heterocycles. The highest BCUT2D eigenvalue weighted by atomic mass is 32.1. The molecule has 7 heteroatoms. The van der Waals surface area contributed by atoms with Crippen LogP contribution in [-0.2, 0) is 11.0 Å². The minimum Gasteiger partial charge on any atom is -0.292 e. The third-order valence-electron chi connectivity index (χ3n) is 2.50. The monoisotopic (exact) mass is 300 g/mol. The van der Waals surface area contributed by atoms with Crippen molar-refractivity contribution in [2.45, 2.75) is 20.0 Å². The lowest BCUT2D eigenvalue weighted by molar-refractivity contribution is -0.137. The zero-order valence-electron chi connectivity index (χ0n) is 10.7. The molecule has 1 amide bonds. The van der Waals surface area contributed by atoms with Gasteiger partial charge in [-0.3, -0.25) is 9.36 Å². The van der Waals surface area contributed by atoms with Gasteiger partial charge in [0.25, 0.3) is 0 Å². The average Bonchev–Trinajstić information content (AvgIpc) is 2.68. The van der Waals surface area contributed by atoms with E-state index in [2.05, 4.69) is 4.99 Å². The van der Waals surface area contributed by atoms with Gasteiger partial charge in [0.1, 0.15) is 0 Å². The Balaban J connectivity index is 2.50. The van der Waals surface area contributed by atoms with Crippen molar-refractivity contribution in [2.24, 2.45) is 4.99 Å². The van der Waals surface area contributed by atoms with E-state index >= 15 is 0 Å². The van der Waals surface area contributed by atoms with Gasteiger partial charge in [0, 0.05) is 23.7 Å². The summed E-state index contributed by atoms with van der Waals surface area (Å²) in [6.07, 6.45) is -2.63. The molecule has 0 aliphatic heterocycles. The Labute approximate surface area is 117 Å². The second-order valence-electron chi connectivity index (χ2n) is 4.17. The van der Waals surface area contributed by atoms with E-state index < -0.39 is 11.7 Å². The van der Waals surface area contributed by atoms with Crippen molar-refractivity contribution in [3.63, 3.8) is 0 Å². The maximum Gasteiger partial charge on any atom is 0.416 e. The van der Waals surface area contributed by atoms with Gasteiger partial charge < -0.3 is 0 Å². The molecule has 1 aromatic heterocycles. The second-order valence-corrected chi connectivity index (χ2v) is 5.38. The van der Waals surface area contributed by atoms with Crippen molar-refractivity contribution >= 4 is 17.2 Å². The molecule has 0 spiro atoms. The summed E-state index contributed by atoms with van der Waals surface area (Å²) < 4.78 is 39.1. The van der Waals surface area contributed by atoms with E-state index in [-0.39, 0.29) is 5.91 Å². The van der Waals surface area contributed by atoms with Gasteiger partial charge in [-0.25, -0.2) is 0 Å². The van der Waals surface area contributed by atoms with E-state index in [1.165, 1.54) is 30.4 Å². The van der Waals surface area contributed by atoms with Crippen LogP contribution >= 0.6 is 11.3 Å². The first-order valence-electron chi connectivity index (χ1n) is 5.69. The SMILES string of the molecule is CC(=O)N=c1sc(C)cn1-c1ccc(C(F)(F)F)cc1. The highest BCUT2D eigenvalue weighted by Crippen LogP contribution is 2.29. The first-order valence-corrected chi connectivity index (χ1v) is 6.51. The maximum atomic E-state index is 12.5. The third kappa shape index (κ3) is 3.16. The third-order valence-corrected chi connectivity index (χ3v) is 3.39. The molecule has 1 heterocycles. The number of alkyl halides is 3. The number of carbonyl (C=O) groups is 1. The summed E-state index contributed by atoms with van der Waals surface area (Å²) >= 11 is 1.30. The summed E-state index contributed by atoms with van der Waals surface area (Å²) in [6.45, 7) is 3.16. The summed E-state index contributed by atoms with van der Waals surface area (Å²) in [6, 6.07) is 4.72. The number of amides is 1. The number of thiazole rings is 1. The van der Waals surface area contributed by atoms with E-state index in [0.29, 0.717) is 10.5 Å². The Morgan fingerprint density at radius 3 is 2.35 bits per heavy atom. The molecular formula is C13H11F3N2OS. The zero-order chi connectivity index (χ0) is 14.9. The van der Waals surface area contributed by atoms with E-state index in [1.807, 2.05) is 6.92 Å². The van der Waals surface area contributed by atoms with E-state index in [4.69, 9.17) is 0 Å². The molecule has 0 aliphatic rings. The van der Waals surface area contributed by atoms with Crippen LogP contribution in [0.4, 0.5) is 13.2 Å². The average molecular weight is 300 g/mol. The molecule has 2 aromatic rings. The Hall–Kier alpha value is -1.89. The highest BCUT2D eigenvalue weighted by Gasteiger charge is 2.30. The van der Waals surface area contributed by atoms with Crippen LogP contribution in [0.15, 0.2) is 35.5 Å². The minimum atomic E-state index is -4.36. The Bertz CT molecular complexity index is 696. The van der Waals surface area contributed by atoms with E-state index in [9.17, 15) is 18.0 Å². The smallest absolute Gasteiger partial charge is 0.292 e. The topological polar surface area (TPSA) is 34.4 Å². The molecule has 106 valence electrons. The number of hydrogen-bond acceptors (Lipinski definition) is 2. The summed E-state index contributed by atoms with van der Waals surface area (Å²) in [7, 11) is 0. The fraction of sp³-hybridized carbons (Fsp3) is 0.231. The first-order chi connectivity index (χ1) is 9.27. The summed E-state index contributed by atoms with van der Waals surface area (Å²) in [5.74, 6) is -0.354. The van der Waals surface area contributed by atoms with Crippen molar-refractivity contribution in [2.75, 3.05) is 0 Å². The number of aryl methyl sites for hydroxylation is 1. The number of rotatable bonds is 1. The van der Waals surface area contributed by atoms with Gasteiger partial charge in [0.15, 0.2) is 4.80 Å². The predicted octanol–water partition coefficient (Wildman–Crippen LogP) is 3.31. The molecule has 3 nitrogen and oxygen atoms in total. The predicted molar refractivity (Wildman–Crippen MR) is 69.6 cm³/mol. The van der Waals surface area contributed by atoms with Crippen molar-refractivity contribution in [3.05, 3.63) is 45.7 Å². The van der Waals surface area contributed by atoms with Crippen LogP contribution in [0.5, 0.6) is 0 Å². The van der Waals surface area contributed by atoms with Crippen molar-refractivity contribution in [1.82, 2.24) is 4.57 Å². The molecule has 0 bridgehead atoms. The molecule has 0 unspecified atom stereocenters. The lowest BCUT2D eigenvalue weighted by Crippen LogP contribution is -2.14. The number of nitrogens with zero attached hydrogens (tertiary/aromatic N) is 2. The fourth-order valence-electron chi connectivity index (χ4n) is 1.66. The van der Waals surface area contributed by atoms with Gasteiger partial charge in [0.05, 0.1) is 5.56 Å². The molecular weight excluding hydrogens is 289 g/mol. The van der Waals surface area contributed by atoms with Gasteiger partial charge in [-0.05, 0) is 31.2 Å². The molecule has 2 rings (SSSR count). The van der Waals surface area contributed by atoms with Gasteiger partial charge in [-0.1, -0.05) is 0 Å². The number of carbonyl (C=O) groups excluding carboxylic acids is 1. The Morgan fingerprint density at radius 2 is 1.85 bits per heavy atom. The van der Waals surface area contributed by atoms with Crippen LogP contribution in [0, 0.1) is 6.92 Å². The highest BCUT2D eigenvalue weighted by molar-refractivity contribution is 7.09. The lowest BCUT2D eigenvalue weighted by atomic mass is 10.2. The van der Waals surface area contributed by atoms with Crippen LogP contribution in [0.25, 0.3) is 5.69 Å². The molecule has 0 atom stereocenters. The van der Waals surface area contributed by atoms with Crippen molar-refractivity contribution in [1.29, 1.82) is 0 Å². The lowest BCUT2D eigenvalue weighted by Gasteiger charge is -2.08. The first kappa shape index (κ1) is 14.5. The normalized spacial score (nSPS) is 12.8. The zero-order valence-corrected chi connectivity index (χ0v) is 11.5. The van der Waals surface area contributed by atoms with Crippen LogP contribution in [0.2, 0.25) is 0 Å². The summed E-state index contributed by atoms with van der Waals surface area (Å²) in [4.78, 5) is 16.3. The van der Waals surface area contributed by atoms with Crippen LogP contribution in [0.3, 0.4) is 0 Å². The van der Waals surface area contributed by atoms with Crippen LogP contribution < -0.4 is 4.80 Å². The van der Waals surface area contributed by atoms with E-state index in [0.717, 1.165) is 17.0 Å². The summed E-state index contributed by atoms with van der Waals surface area (Å²) in [5.41, 5.74) is -0.179. The number of halogens is 3. The van der Waals surface area contributed by atoms with Crippen molar-refractivity contribution in [3.8, 4) is 5.69 Å². The Morgan fingerprint density at radius 1 is 1.25 bits per heavy atom. The standard InChI is InChI=1S/C13H11F3N2OS/c1-8-7-18(12(20-8)17-9(2)19)11-5-3-10(4-6-11)13(14,15)16/h3-7H,1-2H3. The second kappa shape index (κ2) is 5.24. The van der Waals surface area contributed by atoms with Gasteiger partial charge in [0.2, 0.25) is 5.91 Å². The Kier molecular flexibility index (Phi) is 3.80. The van der Waals surface area contributed by atoms with E-state index in [1.54, 1.807) is 10.8 Å². The molecule has 20 heavy (non-hydrogen) atoms. The van der Waals surface area contributed by atoms with Crippen molar-refractivity contribution < 1.29 is 18.0 Å². The number of benzene rings is 1. The molecule has 0 fully saturated rings. The van der Waals surface area contributed by atoms with Crippen LogP contribution in [-0.4, -0.2) is 10.5 Å². The van der Waals surface area contributed by atoms with Crippen LogP contribution in [0.1, 0.15) is 17.4 Å².